The third-order valence-electron chi connectivity index (χ3n) is 3.74. The molecule has 5 nitrogen and oxygen atoms in total. The number of rotatable bonds is 4. The quantitative estimate of drug-likeness (QED) is 0.878. The van der Waals surface area contributed by atoms with Crippen LogP contribution in [0.5, 0.6) is 5.75 Å². The third kappa shape index (κ3) is 2.76. The fourth-order valence-electron chi connectivity index (χ4n) is 2.76. The molecule has 2 heterocycles. The van der Waals surface area contributed by atoms with Crippen molar-refractivity contribution >= 4 is 0 Å². The van der Waals surface area contributed by atoms with Crippen molar-refractivity contribution in [2.45, 2.75) is 37.9 Å². The molecule has 2 unspecified atom stereocenters. The first-order valence-electron chi connectivity index (χ1n) is 6.67. The summed E-state index contributed by atoms with van der Waals surface area (Å²) in [5, 5.41) is 12.8. The Hall–Kier alpha value is -1.88. The number of aromatic hydroxyl groups is 1. The maximum absolute atomic E-state index is 9.21. The summed E-state index contributed by atoms with van der Waals surface area (Å²) in [4.78, 5) is 8.32. The zero-order chi connectivity index (χ0) is 13.1. The minimum Gasteiger partial charge on any atom is -0.506 e. The van der Waals surface area contributed by atoms with E-state index in [1.54, 1.807) is 6.07 Å². The Kier molecular flexibility index (Phi) is 3.46. The van der Waals surface area contributed by atoms with Gasteiger partial charge in [-0.25, -0.2) is 4.98 Å². The van der Waals surface area contributed by atoms with Crippen LogP contribution in [0.4, 0.5) is 0 Å². The molecule has 5 heteroatoms. The molecule has 2 aromatic heterocycles. The Morgan fingerprint density at radius 1 is 1.37 bits per heavy atom. The van der Waals surface area contributed by atoms with Crippen LogP contribution in [-0.4, -0.2) is 25.7 Å². The molecule has 1 aliphatic rings. The van der Waals surface area contributed by atoms with Crippen LogP contribution in [0.1, 0.15) is 31.0 Å². The Morgan fingerprint density at radius 2 is 2.32 bits per heavy atom. The van der Waals surface area contributed by atoms with E-state index in [2.05, 4.69) is 19.9 Å². The van der Waals surface area contributed by atoms with Crippen molar-refractivity contribution in [3.63, 3.8) is 0 Å². The average molecular weight is 258 g/mol. The van der Waals surface area contributed by atoms with E-state index in [4.69, 9.17) is 0 Å². The van der Waals surface area contributed by atoms with Gasteiger partial charge in [-0.1, -0.05) is 0 Å². The van der Waals surface area contributed by atoms with Crippen LogP contribution in [-0.2, 0) is 6.54 Å². The highest BCUT2D eigenvalue weighted by molar-refractivity contribution is 5.17. The average Bonchev–Trinajstić information content (AvgIpc) is 3.08. The number of nitrogens with zero attached hydrogens (tertiary/aromatic N) is 3. The van der Waals surface area contributed by atoms with Gasteiger partial charge >= 0.3 is 0 Å². The minimum atomic E-state index is 0.209. The summed E-state index contributed by atoms with van der Waals surface area (Å²) in [5.74, 6) is 0.209. The van der Waals surface area contributed by atoms with E-state index in [0.29, 0.717) is 12.1 Å². The number of pyridine rings is 1. The van der Waals surface area contributed by atoms with Crippen molar-refractivity contribution in [3.05, 3.63) is 42.7 Å². The van der Waals surface area contributed by atoms with Gasteiger partial charge in [0.25, 0.3) is 0 Å². The molecule has 0 radical (unpaired) electrons. The molecule has 1 aliphatic carbocycles. The van der Waals surface area contributed by atoms with Crippen molar-refractivity contribution in [2.75, 3.05) is 0 Å². The lowest BCUT2D eigenvalue weighted by molar-refractivity contribution is 0.388. The van der Waals surface area contributed by atoms with Crippen molar-refractivity contribution in [1.82, 2.24) is 19.9 Å². The van der Waals surface area contributed by atoms with Gasteiger partial charge in [-0.3, -0.25) is 4.98 Å². The fourth-order valence-corrected chi connectivity index (χ4v) is 2.76. The summed E-state index contributed by atoms with van der Waals surface area (Å²) >= 11 is 0. The number of hydrogen-bond donors (Lipinski definition) is 2. The van der Waals surface area contributed by atoms with Gasteiger partial charge in [-0.05, 0) is 31.4 Å². The molecule has 19 heavy (non-hydrogen) atoms. The molecule has 0 bridgehead atoms. The van der Waals surface area contributed by atoms with E-state index in [9.17, 15) is 5.11 Å². The molecule has 3 rings (SSSR count). The Bertz CT molecular complexity index is 509. The molecule has 0 aliphatic heterocycles. The molecule has 2 N–H and O–H groups in total. The molecule has 100 valence electrons. The third-order valence-corrected chi connectivity index (χ3v) is 3.74. The normalized spacial score (nSPS) is 22.7. The summed E-state index contributed by atoms with van der Waals surface area (Å²) in [7, 11) is 0. The second kappa shape index (κ2) is 5.40. The molecule has 0 spiro atoms. The molecule has 0 saturated heterocycles. The number of hydrogen-bond acceptors (Lipinski definition) is 4. The highest BCUT2D eigenvalue weighted by atomic mass is 16.3. The van der Waals surface area contributed by atoms with Crippen LogP contribution in [0.25, 0.3) is 0 Å². The monoisotopic (exact) mass is 258 g/mol. The topological polar surface area (TPSA) is 63.0 Å². The summed E-state index contributed by atoms with van der Waals surface area (Å²) in [6.45, 7) is 0.732. The van der Waals surface area contributed by atoms with E-state index in [1.807, 2.05) is 24.8 Å². The SMILES string of the molecule is Oc1ccc(CNC2CCCC2n2ccnc2)nc1. The Morgan fingerprint density at radius 3 is 3.05 bits per heavy atom. The van der Waals surface area contributed by atoms with E-state index in [0.717, 1.165) is 12.2 Å². The molecule has 1 saturated carbocycles. The highest BCUT2D eigenvalue weighted by Gasteiger charge is 2.27. The molecule has 1 fully saturated rings. The number of nitrogens with one attached hydrogen (secondary N) is 1. The van der Waals surface area contributed by atoms with Gasteiger partial charge in [-0.15, -0.1) is 0 Å². The van der Waals surface area contributed by atoms with Crippen molar-refractivity contribution in [2.24, 2.45) is 0 Å². The molecule has 2 atom stereocenters. The van der Waals surface area contributed by atoms with Crippen LogP contribution in [0.15, 0.2) is 37.1 Å². The predicted octanol–water partition coefficient (Wildman–Crippen LogP) is 1.87. The standard InChI is InChI=1S/C14H18N4O/c19-12-5-4-11(16-9-12)8-17-13-2-1-3-14(13)18-7-6-15-10-18/h4-7,9-10,13-14,17,19H,1-3,8H2. The summed E-state index contributed by atoms with van der Waals surface area (Å²) in [5.41, 5.74) is 0.953. The van der Waals surface area contributed by atoms with Gasteiger partial charge in [-0.2, -0.15) is 0 Å². The fraction of sp³-hybridized carbons (Fsp3) is 0.429. The molecular formula is C14H18N4O. The Balaban J connectivity index is 1.61. The summed E-state index contributed by atoms with van der Waals surface area (Å²) in [6, 6.07) is 4.47. The minimum absolute atomic E-state index is 0.209. The second-order valence-electron chi connectivity index (χ2n) is 5.00. The van der Waals surface area contributed by atoms with Gasteiger partial charge in [0.1, 0.15) is 5.75 Å². The second-order valence-corrected chi connectivity index (χ2v) is 5.00. The molecular weight excluding hydrogens is 240 g/mol. The van der Waals surface area contributed by atoms with Crippen LogP contribution in [0.2, 0.25) is 0 Å². The first kappa shape index (κ1) is 12.2. The van der Waals surface area contributed by atoms with Gasteiger partial charge in [0.2, 0.25) is 0 Å². The van der Waals surface area contributed by atoms with Gasteiger partial charge in [0.15, 0.2) is 0 Å². The lowest BCUT2D eigenvalue weighted by Gasteiger charge is -2.22. The van der Waals surface area contributed by atoms with Gasteiger partial charge in [0, 0.05) is 31.0 Å². The van der Waals surface area contributed by atoms with Crippen LogP contribution in [0, 0.1) is 0 Å². The maximum Gasteiger partial charge on any atom is 0.133 e. The van der Waals surface area contributed by atoms with Crippen LogP contribution in [0.3, 0.4) is 0 Å². The van der Waals surface area contributed by atoms with E-state index in [1.165, 1.54) is 25.5 Å². The zero-order valence-corrected chi connectivity index (χ0v) is 10.7. The zero-order valence-electron chi connectivity index (χ0n) is 10.7. The molecule has 2 aromatic rings. The number of aromatic nitrogens is 3. The van der Waals surface area contributed by atoms with E-state index >= 15 is 0 Å². The smallest absolute Gasteiger partial charge is 0.133 e. The Labute approximate surface area is 112 Å². The van der Waals surface area contributed by atoms with Gasteiger partial charge in [0.05, 0.1) is 18.2 Å². The van der Waals surface area contributed by atoms with Gasteiger partial charge < -0.3 is 15.0 Å². The highest BCUT2D eigenvalue weighted by Crippen LogP contribution is 2.30. The first-order valence-corrected chi connectivity index (χ1v) is 6.67. The van der Waals surface area contributed by atoms with Crippen LogP contribution >= 0.6 is 0 Å². The molecule has 0 aromatic carbocycles. The lowest BCUT2D eigenvalue weighted by Crippen LogP contribution is -2.33. The van der Waals surface area contributed by atoms with E-state index in [-0.39, 0.29) is 5.75 Å². The maximum atomic E-state index is 9.21. The number of imidazole rings is 1. The van der Waals surface area contributed by atoms with Crippen molar-refractivity contribution in [3.8, 4) is 5.75 Å². The summed E-state index contributed by atoms with van der Waals surface area (Å²) in [6.07, 6.45) is 10.9. The van der Waals surface area contributed by atoms with Crippen LogP contribution < -0.4 is 5.32 Å². The lowest BCUT2D eigenvalue weighted by atomic mass is 10.1. The van der Waals surface area contributed by atoms with Crippen molar-refractivity contribution < 1.29 is 5.11 Å². The predicted molar refractivity (Wildman–Crippen MR) is 71.6 cm³/mol. The largest absolute Gasteiger partial charge is 0.506 e. The van der Waals surface area contributed by atoms with E-state index < -0.39 is 0 Å². The van der Waals surface area contributed by atoms with Crippen molar-refractivity contribution in [1.29, 1.82) is 0 Å². The summed E-state index contributed by atoms with van der Waals surface area (Å²) < 4.78 is 2.19. The molecule has 0 amide bonds. The first-order chi connectivity index (χ1) is 9.33.